The van der Waals surface area contributed by atoms with Gasteiger partial charge in [-0.15, -0.1) is 0 Å². The van der Waals surface area contributed by atoms with Crippen LogP contribution in [0.4, 0.5) is 13.2 Å². The lowest BCUT2D eigenvalue weighted by Crippen LogP contribution is -2.43. The highest BCUT2D eigenvalue weighted by molar-refractivity contribution is 4.87. The van der Waals surface area contributed by atoms with Crippen LogP contribution in [0.1, 0.15) is 20.3 Å². The Labute approximate surface area is 101 Å². The third-order valence-electron chi connectivity index (χ3n) is 3.29. The zero-order valence-corrected chi connectivity index (χ0v) is 10.4. The number of hydrogen-bond acceptors (Lipinski definition) is 3. The smallest absolute Gasteiger partial charge is 0.329 e. The number of nitrogens with two attached hydrogens (primary N) is 1. The van der Waals surface area contributed by atoms with E-state index in [1.165, 1.54) is 0 Å². The van der Waals surface area contributed by atoms with E-state index >= 15 is 0 Å². The molecular formula is C11H22F3N3. The molecule has 0 spiro atoms. The molecule has 1 heterocycles. The number of nitrogens with zero attached hydrogens (tertiary/aromatic N) is 1. The van der Waals surface area contributed by atoms with Gasteiger partial charge >= 0.3 is 6.18 Å². The predicted octanol–water partition coefficient (Wildman–Crippen LogP) is 1.20. The van der Waals surface area contributed by atoms with E-state index in [1.807, 2.05) is 13.8 Å². The molecule has 3 N–H and O–H groups in total. The molecule has 17 heavy (non-hydrogen) atoms. The summed E-state index contributed by atoms with van der Waals surface area (Å²) in [6.45, 7) is 6.02. The van der Waals surface area contributed by atoms with E-state index in [1.54, 1.807) is 0 Å². The van der Waals surface area contributed by atoms with Gasteiger partial charge in [-0.1, -0.05) is 0 Å². The van der Waals surface area contributed by atoms with Crippen LogP contribution in [0.3, 0.4) is 0 Å². The molecular weight excluding hydrogens is 231 g/mol. The molecule has 0 radical (unpaired) electrons. The Morgan fingerprint density at radius 2 is 2.06 bits per heavy atom. The van der Waals surface area contributed by atoms with Gasteiger partial charge in [-0.2, -0.15) is 13.2 Å². The van der Waals surface area contributed by atoms with Crippen LogP contribution in [0.15, 0.2) is 0 Å². The molecule has 1 fully saturated rings. The maximum absolute atomic E-state index is 12.5. The third-order valence-corrected chi connectivity index (χ3v) is 3.29. The van der Waals surface area contributed by atoms with Crippen LogP contribution in [0.2, 0.25) is 0 Å². The Morgan fingerprint density at radius 3 is 2.47 bits per heavy atom. The zero-order chi connectivity index (χ0) is 13.1. The first-order valence-electron chi connectivity index (χ1n) is 6.08. The first kappa shape index (κ1) is 14.7. The highest BCUT2D eigenvalue weighted by atomic mass is 19.4. The largest absolute Gasteiger partial charge is 0.393 e. The molecule has 1 aliphatic rings. The Bertz CT molecular complexity index is 230. The van der Waals surface area contributed by atoms with Crippen LogP contribution >= 0.6 is 0 Å². The molecule has 0 aromatic rings. The number of rotatable bonds is 5. The van der Waals surface area contributed by atoms with Gasteiger partial charge in [0.15, 0.2) is 0 Å². The van der Waals surface area contributed by atoms with Crippen molar-refractivity contribution in [2.24, 2.45) is 11.7 Å². The molecule has 6 heteroatoms. The van der Waals surface area contributed by atoms with E-state index in [2.05, 4.69) is 10.2 Å². The fourth-order valence-corrected chi connectivity index (χ4v) is 2.22. The monoisotopic (exact) mass is 253 g/mol. The molecule has 0 aromatic heterocycles. The van der Waals surface area contributed by atoms with E-state index in [0.717, 1.165) is 6.54 Å². The second kappa shape index (κ2) is 6.02. The van der Waals surface area contributed by atoms with Gasteiger partial charge in [0, 0.05) is 38.3 Å². The first-order chi connectivity index (χ1) is 7.84. The van der Waals surface area contributed by atoms with Crippen molar-refractivity contribution in [1.82, 2.24) is 10.2 Å². The summed E-state index contributed by atoms with van der Waals surface area (Å²) in [5, 5.41) is 2.95. The SMILES string of the molecule is CC(C)N(CCN)CC1CC(C(F)(F)F)CN1. The van der Waals surface area contributed by atoms with Crippen molar-refractivity contribution in [3.8, 4) is 0 Å². The van der Waals surface area contributed by atoms with Crippen molar-refractivity contribution in [1.29, 1.82) is 0 Å². The fourth-order valence-electron chi connectivity index (χ4n) is 2.22. The van der Waals surface area contributed by atoms with Gasteiger partial charge in [-0.05, 0) is 20.3 Å². The molecule has 0 saturated carbocycles. The number of halogens is 3. The molecule has 2 atom stereocenters. The van der Waals surface area contributed by atoms with Crippen molar-refractivity contribution >= 4 is 0 Å². The van der Waals surface area contributed by atoms with Crippen LogP contribution in [0.25, 0.3) is 0 Å². The second-order valence-electron chi connectivity index (χ2n) is 4.96. The highest BCUT2D eigenvalue weighted by Gasteiger charge is 2.44. The topological polar surface area (TPSA) is 41.3 Å². The van der Waals surface area contributed by atoms with Gasteiger partial charge < -0.3 is 11.1 Å². The minimum atomic E-state index is -4.07. The summed E-state index contributed by atoms with van der Waals surface area (Å²) in [7, 11) is 0. The average molecular weight is 253 g/mol. The Balaban J connectivity index is 2.43. The number of alkyl halides is 3. The first-order valence-corrected chi connectivity index (χ1v) is 6.08. The van der Waals surface area contributed by atoms with Gasteiger partial charge in [-0.25, -0.2) is 0 Å². The van der Waals surface area contributed by atoms with E-state index in [4.69, 9.17) is 5.73 Å². The Kier molecular flexibility index (Phi) is 5.22. The lowest BCUT2D eigenvalue weighted by Gasteiger charge is -2.28. The summed E-state index contributed by atoms with van der Waals surface area (Å²) in [4.78, 5) is 2.12. The Morgan fingerprint density at radius 1 is 1.41 bits per heavy atom. The maximum atomic E-state index is 12.5. The average Bonchev–Trinajstić information content (AvgIpc) is 2.64. The molecule has 0 amide bonds. The normalized spacial score (nSPS) is 26.1. The molecule has 102 valence electrons. The zero-order valence-electron chi connectivity index (χ0n) is 10.4. The van der Waals surface area contributed by atoms with Crippen molar-refractivity contribution in [2.45, 2.75) is 38.5 Å². The van der Waals surface area contributed by atoms with Crippen LogP contribution in [-0.4, -0.2) is 49.3 Å². The van der Waals surface area contributed by atoms with Crippen LogP contribution in [0, 0.1) is 5.92 Å². The van der Waals surface area contributed by atoms with Gasteiger partial charge in [0.1, 0.15) is 0 Å². The lowest BCUT2D eigenvalue weighted by atomic mass is 10.0. The summed E-state index contributed by atoms with van der Waals surface area (Å²) in [5.74, 6) is -1.20. The minimum Gasteiger partial charge on any atom is -0.329 e. The quantitative estimate of drug-likeness (QED) is 0.773. The van der Waals surface area contributed by atoms with E-state index < -0.39 is 12.1 Å². The molecule has 0 bridgehead atoms. The summed E-state index contributed by atoms with van der Waals surface area (Å²) < 4.78 is 37.5. The molecule has 1 rings (SSSR count). The van der Waals surface area contributed by atoms with E-state index in [0.29, 0.717) is 19.1 Å². The lowest BCUT2D eigenvalue weighted by molar-refractivity contribution is -0.169. The van der Waals surface area contributed by atoms with Crippen molar-refractivity contribution in [3.63, 3.8) is 0 Å². The Hall–Kier alpha value is -0.330. The molecule has 0 aliphatic carbocycles. The standard InChI is InChI=1S/C11H22F3N3/c1-8(2)17(4-3-15)7-10-5-9(6-16-10)11(12,13)14/h8-10,16H,3-7,15H2,1-2H3. The maximum Gasteiger partial charge on any atom is 0.393 e. The van der Waals surface area contributed by atoms with Crippen molar-refractivity contribution in [3.05, 3.63) is 0 Å². The molecule has 1 saturated heterocycles. The molecule has 2 unspecified atom stereocenters. The highest BCUT2D eigenvalue weighted by Crippen LogP contribution is 2.32. The summed E-state index contributed by atoms with van der Waals surface area (Å²) in [5.41, 5.74) is 5.50. The fraction of sp³-hybridized carbons (Fsp3) is 1.00. The van der Waals surface area contributed by atoms with Gasteiger partial charge in [-0.3, -0.25) is 4.90 Å². The third kappa shape index (κ3) is 4.44. The van der Waals surface area contributed by atoms with Crippen LogP contribution in [-0.2, 0) is 0 Å². The van der Waals surface area contributed by atoms with Gasteiger partial charge in [0.25, 0.3) is 0 Å². The summed E-state index contributed by atoms with van der Waals surface area (Å²) >= 11 is 0. The predicted molar refractivity (Wildman–Crippen MR) is 61.7 cm³/mol. The van der Waals surface area contributed by atoms with Gasteiger partial charge in [0.2, 0.25) is 0 Å². The van der Waals surface area contributed by atoms with Crippen molar-refractivity contribution in [2.75, 3.05) is 26.2 Å². The van der Waals surface area contributed by atoms with Crippen LogP contribution < -0.4 is 11.1 Å². The minimum absolute atomic E-state index is 0.0444. The van der Waals surface area contributed by atoms with Crippen LogP contribution in [0.5, 0.6) is 0 Å². The molecule has 3 nitrogen and oxygen atoms in total. The molecule has 1 aliphatic heterocycles. The molecule has 0 aromatic carbocycles. The van der Waals surface area contributed by atoms with Gasteiger partial charge in [0.05, 0.1) is 5.92 Å². The second-order valence-corrected chi connectivity index (χ2v) is 4.96. The number of nitrogens with one attached hydrogen (secondary N) is 1. The van der Waals surface area contributed by atoms with Crippen molar-refractivity contribution < 1.29 is 13.2 Å². The van der Waals surface area contributed by atoms with E-state index in [-0.39, 0.29) is 19.0 Å². The summed E-state index contributed by atoms with van der Waals surface area (Å²) in [6, 6.07) is 0.237. The number of hydrogen-bond donors (Lipinski definition) is 2. The van der Waals surface area contributed by atoms with E-state index in [9.17, 15) is 13.2 Å². The summed E-state index contributed by atoms with van der Waals surface area (Å²) in [6.07, 6.45) is -3.89.